The van der Waals surface area contributed by atoms with Crippen LogP contribution in [0, 0.1) is 0 Å². The summed E-state index contributed by atoms with van der Waals surface area (Å²) in [7, 11) is 0. The van der Waals surface area contributed by atoms with Gasteiger partial charge in [0.25, 0.3) is 11.8 Å². The van der Waals surface area contributed by atoms with Crippen LogP contribution < -0.4 is 20.7 Å². The van der Waals surface area contributed by atoms with Crippen LogP contribution in [0.3, 0.4) is 0 Å². The van der Waals surface area contributed by atoms with E-state index < -0.39 is 11.7 Å². The first-order valence-electron chi connectivity index (χ1n) is 19.6. The van der Waals surface area contributed by atoms with E-state index in [1.165, 1.54) is 0 Å². The number of rotatable bonds is 27. The summed E-state index contributed by atoms with van der Waals surface area (Å²) in [6, 6.07) is 14.1. The number of amides is 3. The van der Waals surface area contributed by atoms with Crippen LogP contribution in [-0.2, 0) is 16.0 Å². The maximum Gasteiger partial charge on any atom is 0.263 e. The molecule has 0 aliphatic rings. The summed E-state index contributed by atoms with van der Waals surface area (Å²) in [6.07, 6.45) is 33.5. The van der Waals surface area contributed by atoms with Gasteiger partial charge in [0.1, 0.15) is 5.75 Å². The second-order valence-corrected chi connectivity index (χ2v) is 14.0. The van der Waals surface area contributed by atoms with Crippen molar-refractivity contribution >= 4 is 29.3 Å². The van der Waals surface area contributed by atoms with Gasteiger partial charge in [0.05, 0.1) is 6.10 Å². The van der Waals surface area contributed by atoms with E-state index in [0.29, 0.717) is 61.5 Å². The second kappa shape index (κ2) is 28.7. The lowest BCUT2D eigenvalue weighted by Crippen LogP contribution is -2.47. The molecule has 8 nitrogen and oxygen atoms in total. The third kappa shape index (κ3) is 23.0. The topological polar surface area (TPSA) is 117 Å². The van der Waals surface area contributed by atoms with Crippen LogP contribution in [0.1, 0.15) is 101 Å². The minimum Gasteiger partial charge on any atom is -0.478 e. The molecule has 0 aromatic heterocycles. The zero-order valence-electron chi connectivity index (χ0n) is 33.0. The molecule has 0 saturated carbocycles. The van der Waals surface area contributed by atoms with Crippen LogP contribution >= 0.6 is 11.6 Å². The lowest BCUT2D eigenvalue weighted by atomic mass is 10.1. The number of aliphatic hydroxyl groups is 1. The van der Waals surface area contributed by atoms with E-state index in [2.05, 4.69) is 89.7 Å². The highest BCUT2D eigenvalue weighted by Gasteiger charge is 2.29. The molecular weight excluding hydrogens is 710 g/mol. The summed E-state index contributed by atoms with van der Waals surface area (Å²) in [5.74, 6) is 0.0436. The molecule has 2 rings (SSSR count). The predicted molar refractivity (Wildman–Crippen MR) is 227 cm³/mol. The largest absolute Gasteiger partial charge is 0.478 e. The molecule has 298 valence electrons. The van der Waals surface area contributed by atoms with Crippen molar-refractivity contribution < 1.29 is 24.2 Å². The number of ether oxygens (including phenoxy) is 1. The summed E-state index contributed by atoms with van der Waals surface area (Å²) in [5, 5.41) is 19.5. The Morgan fingerprint density at radius 3 is 1.75 bits per heavy atom. The first-order valence-corrected chi connectivity index (χ1v) is 19.9. The Bertz CT molecular complexity index is 1570. The van der Waals surface area contributed by atoms with E-state index in [9.17, 15) is 19.5 Å². The van der Waals surface area contributed by atoms with Gasteiger partial charge < -0.3 is 25.8 Å². The second-order valence-electron chi connectivity index (χ2n) is 13.6. The van der Waals surface area contributed by atoms with Crippen molar-refractivity contribution in [2.75, 3.05) is 19.6 Å². The smallest absolute Gasteiger partial charge is 0.263 e. The number of nitrogens with one attached hydrogen (secondary N) is 3. The number of hydrogen-bond acceptors (Lipinski definition) is 5. The molecule has 0 bridgehead atoms. The minimum atomic E-state index is -1.13. The van der Waals surface area contributed by atoms with Gasteiger partial charge >= 0.3 is 0 Å². The van der Waals surface area contributed by atoms with Crippen LogP contribution in [0.25, 0.3) is 0 Å². The Kier molecular flexibility index (Phi) is 24.3. The Labute approximate surface area is 334 Å². The minimum absolute atomic E-state index is 0.0483. The first kappa shape index (κ1) is 46.5. The van der Waals surface area contributed by atoms with Crippen molar-refractivity contribution in [2.24, 2.45) is 0 Å². The van der Waals surface area contributed by atoms with E-state index in [1.807, 2.05) is 18.2 Å². The van der Waals surface area contributed by atoms with Crippen molar-refractivity contribution in [2.45, 2.75) is 103 Å². The number of allylic oxidation sites excluding steroid dienone is 12. The SMILES string of the molecule is CC/C=C\C/C=C\C/C=C\C/C=C\C/C=C\C/C=C\CCC(=O)NCCC(O)CCNC(=O)C(C)(C)Oc1ccc(CCNC(=O)c2ccc(Cl)cc2)cc1. The van der Waals surface area contributed by atoms with Gasteiger partial charge in [-0.2, -0.15) is 0 Å². The quantitative estimate of drug-likeness (QED) is 0.0676. The highest BCUT2D eigenvalue weighted by atomic mass is 35.5. The summed E-state index contributed by atoms with van der Waals surface area (Å²) < 4.78 is 5.96. The molecule has 0 spiro atoms. The van der Waals surface area contributed by atoms with Crippen molar-refractivity contribution in [3.63, 3.8) is 0 Å². The van der Waals surface area contributed by atoms with Crippen LogP contribution in [-0.4, -0.2) is 54.2 Å². The van der Waals surface area contributed by atoms with E-state index in [-0.39, 0.29) is 24.3 Å². The maximum atomic E-state index is 12.8. The molecule has 0 aliphatic carbocycles. The predicted octanol–water partition coefficient (Wildman–Crippen LogP) is 9.32. The number of aliphatic hydroxyl groups excluding tert-OH is 1. The molecule has 2 aromatic rings. The fourth-order valence-electron chi connectivity index (χ4n) is 5.12. The third-order valence-corrected chi connectivity index (χ3v) is 8.60. The lowest BCUT2D eigenvalue weighted by Gasteiger charge is -2.25. The fraction of sp³-hybridized carbons (Fsp3) is 0.413. The van der Waals surface area contributed by atoms with Gasteiger partial charge in [0.2, 0.25) is 5.91 Å². The summed E-state index contributed by atoms with van der Waals surface area (Å²) in [5.41, 5.74) is 0.438. The Hall–Kier alpha value is -4.66. The number of halogens is 1. The van der Waals surface area contributed by atoms with Gasteiger partial charge in [-0.1, -0.05) is 104 Å². The third-order valence-electron chi connectivity index (χ3n) is 8.35. The molecule has 55 heavy (non-hydrogen) atoms. The van der Waals surface area contributed by atoms with Crippen molar-refractivity contribution in [1.29, 1.82) is 0 Å². The van der Waals surface area contributed by atoms with Crippen molar-refractivity contribution in [1.82, 2.24) is 16.0 Å². The number of carbonyl (C=O) groups excluding carboxylic acids is 3. The molecule has 1 atom stereocenters. The van der Waals surface area contributed by atoms with Crippen molar-refractivity contribution in [3.8, 4) is 5.75 Å². The standard InChI is InChI=1S/C46H62ClN3O5/c1-4-5-6-7-8-9-10-11-12-13-14-15-16-17-18-19-20-21-22-23-43(52)48-36-33-41(51)34-37-50-45(54)46(2,3)55-42-30-24-38(25-31-42)32-35-49-44(53)39-26-28-40(47)29-27-39/h5-6,8-9,11-12,14-15,17-18,20-21,24-31,41,51H,4,7,10,13,16,19,22-23,32-37H2,1-3H3,(H,48,52)(H,49,53)(H,50,54)/b6-5-,9-8-,12-11-,15-14-,18-17-,21-20-. The maximum absolute atomic E-state index is 12.8. The molecule has 4 N–H and O–H groups in total. The van der Waals surface area contributed by atoms with Gasteiger partial charge in [0.15, 0.2) is 5.60 Å². The van der Waals surface area contributed by atoms with E-state index in [1.54, 1.807) is 50.2 Å². The van der Waals surface area contributed by atoms with Gasteiger partial charge in [0, 0.05) is 36.6 Å². The van der Waals surface area contributed by atoms with Gasteiger partial charge in [-0.15, -0.1) is 0 Å². The zero-order valence-corrected chi connectivity index (χ0v) is 33.7. The number of benzene rings is 2. The van der Waals surface area contributed by atoms with E-state index in [4.69, 9.17) is 16.3 Å². The Balaban J connectivity index is 1.50. The summed E-state index contributed by atoms with van der Waals surface area (Å²) >= 11 is 5.88. The van der Waals surface area contributed by atoms with Crippen molar-refractivity contribution in [3.05, 3.63) is 138 Å². The molecule has 9 heteroatoms. The van der Waals surface area contributed by atoms with Crippen LogP contribution in [0.5, 0.6) is 5.75 Å². The van der Waals surface area contributed by atoms with Crippen LogP contribution in [0.2, 0.25) is 5.02 Å². The molecule has 2 aromatic carbocycles. The molecule has 0 heterocycles. The molecule has 0 aliphatic heterocycles. The molecule has 1 unspecified atom stereocenters. The fourth-order valence-corrected chi connectivity index (χ4v) is 5.24. The molecule has 0 radical (unpaired) electrons. The first-order chi connectivity index (χ1) is 26.6. The Morgan fingerprint density at radius 1 is 0.691 bits per heavy atom. The van der Waals surface area contributed by atoms with Crippen LogP contribution in [0.15, 0.2) is 121 Å². The number of carbonyl (C=O) groups is 3. The Morgan fingerprint density at radius 2 is 1.20 bits per heavy atom. The van der Waals surface area contributed by atoms with Gasteiger partial charge in [-0.05, 0) is 120 Å². The summed E-state index contributed by atoms with van der Waals surface area (Å²) in [4.78, 5) is 37.3. The van der Waals surface area contributed by atoms with Gasteiger partial charge in [-0.25, -0.2) is 0 Å². The van der Waals surface area contributed by atoms with E-state index in [0.717, 1.165) is 44.1 Å². The van der Waals surface area contributed by atoms with E-state index >= 15 is 0 Å². The average Bonchev–Trinajstić information content (AvgIpc) is 3.16. The highest BCUT2D eigenvalue weighted by molar-refractivity contribution is 6.30. The molecule has 0 fully saturated rings. The van der Waals surface area contributed by atoms with Crippen LogP contribution in [0.4, 0.5) is 0 Å². The normalized spacial score (nSPS) is 12.8. The zero-order chi connectivity index (χ0) is 40.0. The highest BCUT2D eigenvalue weighted by Crippen LogP contribution is 2.20. The number of hydrogen-bond donors (Lipinski definition) is 4. The van der Waals surface area contributed by atoms with Gasteiger partial charge in [-0.3, -0.25) is 14.4 Å². The molecule has 0 saturated heterocycles. The lowest BCUT2D eigenvalue weighted by molar-refractivity contribution is -0.134. The average molecular weight is 772 g/mol. The summed E-state index contributed by atoms with van der Waals surface area (Å²) in [6.45, 7) is 6.65. The molecule has 3 amide bonds. The monoisotopic (exact) mass is 771 g/mol. The molecular formula is C46H62ClN3O5.